The van der Waals surface area contributed by atoms with Gasteiger partial charge in [-0.15, -0.1) is 0 Å². The van der Waals surface area contributed by atoms with Crippen LogP contribution in [0.1, 0.15) is 47.9 Å². The van der Waals surface area contributed by atoms with Crippen molar-refractivity contribution in [2.45, 2.75) is 43.9 Å². The molecule has 0 nitrogen and oxygen atoms in total. The summed E-state index contributed by atoms with van der Waals surface area (Å²) >= 11 is 0. The van der Waals surface area contributed by atoms with E-state index < -0.39 is 0 Å². The summed E-state index contributed by atoms with van der Waals surface area (Å²) < 4.78 is 0. The van der Waals surface area contributed by atoms with Crippen molar-refractivity contribution in [2.24, 2.45) is 0 Å². The van der Waals surface area contributed by atoms with Gasteiger partial charge in [-0.1, -0.05) is 48.5 Å². The number of benzene rings is 2. The Bertz CT molecular complexity index is 553. The standard InChI is InChI=1S/C19H20/c1-3-11-17-15(7-1)9-5-13-19(17)14-6-10-16-8-2-4-12-18(16)19/h1-4,7-8,11-12H,5-6,9-10,13-14H2. The maximum absolute atomic E-state index is 2.39. The van der Waals surface area contributed by atoms with Crippen LogP contribution in [0, 0.1) is 0 Å². The molecular weight excluding hydrogens is 228 g/mol. The summed E-state index contributed by atoms with van der Waals surface area (Å²) in [6.45, 7) is 0. The van der Waals surface area contributed by atoms with Crippen LogP contribution in [0.4, 0.5) is 0 Å². The van der Waals surface area contributed by atoms with Crippen LogP contribution in [0.15, 0.2) is 48.5 Å². The smallest absolute Gasteiger partial charge is 0.0208 e. The topological polar surface area (TPSA) is 0 Å². The van der Waals surface area contributed by atoms with Crippen LogP contribution in [-0.2, 0) is 18.3 Å². The van der Waals surface area contributed by atoms with E-state index in [0.29, 0.717) is 5.41 Å². The summed E-state index contributed by atoms with van der Waals surface area (Å²) in [5, 5.41) is 0. The molecule has 96 valence electrons. The Hall–Kier alpha value is -1.56. The molecule has 0 aromatic heterocycles. The molecule has 0 saturated heterocycles. The zero-order valence-electron chi connectivity index (χ0n) is 11.4. The molecule has 0 radical (unpaired) electrons. The fourth-order valence-electron chi connectivity index (χ4n) is 4.38. The zero-order valence-corrected chi connectivity index (χ0v) is 11.4. The Labute approximate surface area is 115 Å². The lowest BCUT2D eigenvalue weighted by molar-refractivity contribution is 0.368. The van der Waals surface area contributed by atoms with Crippen LogP contribution in [-0.4, -0.2) is 0 Å². The van der Waals surface area contributed by atoms with Gasteiger partial charge in [-0.05, 0) is 60.8 Å². The van der Waals surface area contributed by atoms with Crippen molar-refractivity contribution in [1.82, 2.24) is 0 Å². The van der Waals surface area contributed by atoms with Crippen molar-refractivity contribution in [2.75, 3.05) is 0 Å². The van der Waals surface area contributed by atoms with Gasteiger partial charge in [0.2, 0.25) is 0 Å². The molecule has 0 aliphatic heterocycles. The third-order valence-electron chi connectivity index (χ3n) is 5.17. The van der Waals surface area contributed by atoms with Crippen LogP contribution in [0.3, 0.4) is 0 Å². The van der Waals surface area contributed by atoms with Gasteiger partial charge in [-0.2, -0.15) is 0 Å². The third-order valence-corrected chi connectivity index (χ3v) is 5.17. The maximum Gasteiger partial charge on any atom is 0.0208 e. The SMILES string of the molecule is c1ccc2c(c1)CCCC21CCCc2ccccc21. The number of fused-ring (bicyclic) bond motifs is 4. The van der Waals surface area contributed by atoms with Gasteiger partial charge in [0.1, 0.15) is 0 Å². The molecule has 2 aliphatic rings. The molecule has 0 heteroatoms. The molecule has 0 heterocycles. The monoisotopic (exact) mass is 248 g/mol. The molecule has 2 aliphatic carbocycles. The Morgan fingerprint density at radius 2 is 1.11 bits per heavy atom. The number of rotatable bonds is 0. The molecule has 0 atom stereocenters. The molecule has 2 aromatic rings. The highest BCUT2D eigenvalue weighted by atomic mass is 14.4. The van der Waals surface area contributed by atoms with E-state index in [9.17, 15) is 0 Å². The van der Waals surface area contributed by atoms with E-state index in [1.165, 1.54) is 38.5 Å². The maximum atomic E-state index is 2.39. The molecule has 0 N–H and O–H groups in total. The summed E-state index contributed by atoms with van der Waals surface area (Å²) in [5.41, 5.74) is 6.74. The van der Waals surface area contributed by atoms with Gasteiger partial charge in [0.15, 0.2) is 0 Å². The van der Waals surface area contributed by atoms with Crippen LogP contribution in [0.25, 0.3) is 0 Å². The predicted octanol–water partition coefficient (Wildman–Crippen LogP) is 4.65. The van der Waals surface area contributed by atoms with Crippen molar-refractivity contribution in [3.05, 3.63) is 70.8 Å². The quantitative estimate of drug-likeness (QED) is 0.637. The highest BCUT2D eigenvalue weighted by Gasteiger charge is 2.40. The first kappa shape index (κ1) is 11.3. The second kappa shape index (κ2) is 4.23. The van der Waals surface area contributed by atoms with E-state index >= 15 is 0 Å². The van der Waals surface area contributed by atoms with Crippen LogP contribution >= 0.6 is 0 Å². The van der Waals surface area contributed by atoms with E-state index in [4.69, 9.17) is 0 Å². The van der Waals surface area contributed by atoms with Gasteiger partial charge in [0, 0.05) is 5.41 Å². The Morgan fingerprint density at radius 3 is 1.63 bits per heavy atom. The fourth-order valence-corrected chi connectivity index (χ4v) is 4.38. The van der Waals surface area contributed by atoms with Crippen molar-refractivity contribution >= 4 is 0 Å². The minimum absolute atomic E-state index is 0.323. The molecule has 0 saturated carbocycles. The zero-order chi connectivity index (χ0) is 12.7. The van der Waals surface area contributed by atoms with Crippen molar-refractivity contribution in [3.63, 3.8) is 0 Å². The van der Waals surface area contributed by atoms with Gasteiger partial charge in [0.05, 0.1) is 0 Å². The highest BCUT2D eigenvalue weighted by molar-refractivity contribution is 5.49. The number of hydrogen-bond donors (Lipinski definition) is 0. The van der Waals surface area contributed by atoms with Crippen molar-refractivity contribution in [3.8, 4) is 0 Å². The second-order valence-electron chi connectivity index (χ2n) is 6.10. The Kier molecular flexibility index (Phi) is 2.51. The average molecular weight is 248 g/mol. The Morgan fingerprint density at radius 1 is 0.632 bits per heavy atom. The van der Waals surface area contributed by atoms with Crippen molar-refractivity contribution in [1.29, 1.82) is 0 Å². The number of aryl methyl sites for hydroxylation is 2. The average Bonchev–Trinajstić information content (AvgIpc) is 2.48. The lowest BCUT2D eigenvalue weighted by Gasteiger charge is -2.43. The van der Waals surface area contributed by atoms with Gasteiger partial charge >= 0.3 is 0 Å². The molecule has 0 amide bonds. The summed E-state index contributed by atoms with van der Waals surface area (Å²) in [7, 11) is 0. The lowest BCUT2D eigenvalue weighted by atomic mass is 9.60. The van der Waals surface area contributed by atoms with E-state index in [1.54, 1.807) is 22.3 Å². The minimum Gasteiger partial charge on any atom is -0.0620 e. The molecule has 2 aromatic carbocycles. The van der Waals surface area contributed by atoms with E-state index in [-0.39, 0.29) is 0 Å². The van der Waals surface area contributed by atoms with Crippen LogP contribution < -0.4 is 0 Å². The first-order chi connectivity index (χ1) is 9.40. The molecule has 4 rings (SSSR count). The van der Waals surface area contributed by atoms with Gasteiger partial charge in [0.25, 0.3) is 0 Å². The highest BCUT2D eigenvalue weighted by Crippen LogP contribution is 2.49. The van der Waals surface area contributed by atoms with E-state index in [2.05, 4.69) is 48.5 Å². The van der Waals surface area contributed by atoms with Crippen LogP contribution in [0.2, 0.25) is 0 Å². The molecule has 19 heavy (non-hydrogen) atoms. The predicted molar refractivity (Wildman–Crippen MR) is 79.5 cm³/mol. The number of hydrogen-bond acceptors (Lipinski definition) is 0. The van der Waals surface area contributed by atoms with E-state index in [1.807, 2.05) is 0 Å². The molecule has 1 spiro atoms. The third kappa shape index (κ3) is 1.59. The molecule has 0 fully saturated rings. The summed E-state index contributed by atoms with van der Waals surface area (Å²) in [4.78, 5) is 0. The largest absolute Gasteiger partial charge is 0.0620 e. The summed E-state index contributed by atoms with van der Waals surface area (Å²) in [6, 6.07) is 18.3. The van der Waals surface area contributed by atoms with Gasteiger partial charge in [-0.3, -0.25) is 0 Å². The second-order valence-corrected chi connectivity index (χ2v) is 6.10. The molecule has 0 bridgehead atoms. The lowest BCUT2D eigenvalue weighted by Crippen LogP contribution is -2.35. The summed E-state index contributed by atoms with van der Waals surface area (Å²) in [6.07, 6.45) is 7.87. The normalized spacial score (nSPS) is 19.8. The molecule has 0 unspecified atom stereocenters. The Balaban J connectivity index is 1.97. The molecular formula is C19H20. The van der Waals surface area contributed by atoms with Gasteiger partial charge < -0.3 is 0 Å². The van der Waals surface area contributed by atoms with Crippen LogP contribution in [0.5, 0.6) is 0 Å². The minimum atomic E-state index is 0.323. The fraction of sp³-hybridized carbons (Fsp3) is 0.368. The van der Waals surface area contributed by atoms with E-state index in [0.717, 1.165) is 0 Å². The van der Waals surface area contributed by atoms with Gasteiger partial charge in [-0.25, -0.2) is 0 Å². The first-order valence-corrected chi connectivity index (χ1v) is 7.57. The first-order valence-electron chi connectivity index (χ1n) is 7.57. The summed E-state index contributed by atoms with van der Waals surface area (Å²) in [5.74, 6) is 0. The van der Waals surface area contributed by atoms with Crippen molar-refractivity contribution < 1.29 is 0 Å².